The molecule has 0 aromatic heterocycles. The molecule has 1 heterocycles. The van der Waals surface area contributed by atoms with Gasteiger partial charge < -0.3 is 10.2 Å². The van der Waals surface area contributed by atoms with Gasteiger partial charge in [0.1, 0.15) is 0 Å². The molecule has 4 rings (SSSR count). The highest BCUT2D eigenvalue weighted by Crippen LogP contribution is 2.25. The zero-order valence-corrected chi connectivity index (χ0v) is 19.3. The smallest absolute Gasteiger partial charge is 0.270 e. The van der Waals surface area contributed by atoms with Crippen LogP contribution < -0.4 is 14.9 Å². The molecule has 0 radical (unpaired) electrons. The lowest BCUT2D eigenvalue weighted by molar-refractivity contribution is -0.385. The van der Waals surface area contributed by atoms with E-state index < -0.39 is 20.9 Å². The van der Waals surface area contributed by atoms with Crippen molar-refractivity contribution in [2.45, 2.75) is 24.2 Å². The number of benzene rings is 3. The van der Waals surface area contributed by atoms with Crippen LogP contribution in [-0.4, -0.2) is 31.7 Å². The van der Waals surface area contributed by atoms with E-state index in [-0.39, 0.29) is 22.2 Å². The van der Waals surface area contributed by atoms with Gasteiger partial charge in [-0.05, 0) is 61.4 Å². The zero-order chi connectivity index (χ0) is 25.0. The Morgan fingerprint density at radius 3 is 2.40 bits per heavy atom. The molecule has 0 spiro atoms. The van der Waals surface area contributed by atoms with Crippen LogP contribution in [0.25, 0.3) is 0 Å². The SMILES string of the molecule is O=C(Nc1cccc(N2CCCCC2=O)c1)c1ccc(NS(=O)(=O)c2cccc([N+](=O)[O-])c2)cc1. The summed E-state index contributed by atoms with van der Waals surface area (Å²) in [4.78, 5) is 36.6. The molecule has 35 heavy (non-hydrogen) atoms. The number of nitro benzene ring substituents is 1. The van der Waals surface area contributed by atoms with Crippen molar-refractivity contribution in [3.63, 3.8) is 0 Å². The third kappa shape index (κ3) is 5.64. The van der Waals surface area contributed by atoms with Gasteiger partial charge in [-0.1, -0.05) is 12.1 Å². The van der Waals surface area contributed by atoms with Crippen molar-refractivity contribution in [1.29, 1.82) is 0 Å². The lowest BCUT2D eigenvalue weighted by Crippen LogP contribution is -2.35. The van der Waals surface area contributed by atoms with Crippen molar-refractivity contribution in [2.24, 2.45) is 0 Å². The fourth-order valence-corrected chi connectivity index (χ4v) is 4.80. The van der Waals surface area contributed by atoms with Crippen LogP contribution in [-0.2, 0) is 14.8 Å². The van der Waals surface area contributed by atoms with Crippen LogP contribution in [0.4, 0.5) is 22.7 Å². The van der Waals surface area contributed by atoms with Gasteiger partial charge in [0.15, 0.2) is 0 Å². The summed E-state index contributed by atoms with van der Waals surface area (Å²) in [6.45, 7) is 0.643. The number of hydrogen-bond acceptors (Lipinski definition) is 6. The lowest BCUT2D eigenvalue weighted by Gasteiger charge is -2.27. The highest BCUT2D eigenvalue weighted by atomic mass is 32.2. The van der Waals surface area contributed by atoms with Crippen molar-refractivity contribution in [3.05, 3.63) is 88.5 Å². The Balaban J connectivity index is 1.44. The second-order valence-corrected chi connectivity index (χ2v) is 9.63. The number of hydrogen-bond donors (Lipinski definition) is 2. The summed E-state index contributed by atoms with van der Waals surface area (Å²) in [6.07, 6.45) is 2.32. The summed E-state index contributed by atoms with van der Waals surface area (Å²) in [5.41, 5.74) is 1.40. The monoisotopic (exact) mass is 494 g/mol. The third-order valence-electron chi connectivity index (χ3n) is 5.48. The number of sulfonamides is 1. The van der Waals surface area contributed by atoms with Gasteiger partial charge in [-0.25, -0.2) is 8.42 Å². The molecule has 1 aliphatic rings. The van der Waals surface area contributed by atoms with E-state index in [4.69, 9.17) is 0 Å². The van der Waals surface area contributed by atoms with Gasteiger partial charge in [-0.15, -0.1) is 0 Å². The predicted octanol–water partition coefficient (Wildman–Crippen LogP) is 4.16. The minimum atomic E-state index is -4.06. The van der Waals surface area contributed by atoms with E-state index in [1.165, 1.54) is 42.5 Å². The zero-order valence-electron chi connectivity index (χ0n) is 18.5. The topological polar surface area (TPSA) is 139 Å². The summed E-state index contributed by atoms with van der Waals surface area (Å²) in [6, 6.07) is 17.5. The molecule has 10 nitrogen and oxygen atoms in total. The summed E-state index contributed by atoms with van der Waals surface area (Å²) in [7, 11) is -4.06. The van der Waals surface area contributed by atoms with E-state index in [1.807, 2.05) is 6.07 Å². The fraction of sp³-hybridized carbons (Fsp3) is 0.167. The number of nitrogens with zero attached hydrogens (tertiary/aromatic N) is 2. The number of non-ortho nitro benzene ring substituents is 1. The van der Waals surface area contributed by atoms with Gasteiger partial charge in [0.2, 0.25) is 5.91 Å². The van der Waals surface area contributed by atoms with Gasteiger partial charge in [-0.3, -0.25) is 24.4 Å². The molecule has 0 saturated carbocycles. The molecule has 0 aliphatic carbocycles. The number of nitrogens with one attached hydrogen (secondary N) is 2. The minimum Gasteiger partial charge on any atom is -0.322 e. The lowest BCUT2D eigenvalue weighted by atomic mass is 10.1. The second kappa shape index (κ2) is 9.94. The highest BCUT2D eigenvalue weighted by Gasteiger charge is 2.20. The van der Waals surface area contributed by atoms with Crippen molar-refractivity contribution in [1.82, 2.24) is 0 Å². The first-order valence-corrected chi connectivity index (χ1v) is 12.3. The summed E-state index contributed by atoms with van der Waals surface area (Å²) in [5.74, 6) is -0.344. The molecule has 2 N–H and O–H groups in total. The Labute approximate surface area is 201 Å². The van der Waals surface area contributed by atoms with Crippen LogP contribution in [0.5, 0.6) is 0 Å². The highest BCUT2D eigenvalue weighted by molar-refractivity contribution is 7.92. The largest absolute Gasteiger partial charge is 0.322 e. The first kappa shape index (κ1) is 23.9. The van der Waals surface area contributed by atoms with Crippen LogP contribution in [0.3, 0.4) is 0 Å². The molecular weight excluding hydrogens is 472 g/mol. The van der Waals surface area contributed by atoms with Crippen LogP contribution in [0.15, 0.2) is 77.7 Å². The molecule has 3 aromatic carbocycles. The fourth-order valence-electron chi connectivity index (χ4n) is 3.70. The first-order valence-electron chi connectivity index (χ1n) is 10.8. The first-order chi connectivity index (χ1) is 16.7. The predicted molar refractivity (Wildman–Crippen MR) is 131 cm³/mol. The third-order valence-corrected chi connectivity index (χ3v) is 6.86. The summed E-state index contributed by atoms with van der Waals surface area (Å²) < 4.78 is 27.5. The number of carbonyl (C=O) groups excluding carboxylic acids is 2. The molecule has 0 atom stereocenters. The van der Waals surface area contributed by atoms with Gasteiger partial charge in [0, 0.05) is 47.7 Å². The molecule has 0 bridgehead atoms. The Morgan fingerprint density at radius 1 is 0.943 bits per heavy atom. The quantitative estimate of drug-likeness (QED) is 0.373. The molecule has 3 aromatic rings. The summed E-state index contributed by atoms with van der Waals surface area (Å²) in [5, 5.41) is 13.7. The maximum absolute atomic E-state index is 12.7. The number of amides is 2. The molecule has 1 fully saturated rings. The number of piperidine rings is 1. The Morgan fingerprint density at radius 2 is 1.69 bits per heavy atom. The average Bonchev–Trinajstić information content (AvgIpc) is 2.85. The van der Waals surface area contributed by atoms with Gasteiger partial charge in [0.05, 0.1) is 9.82 Å². The van der Waals surface area contributed by atoms with Gasteiger partial charge in [-0.2, -0.15) is 0 Å². The minimum absolute atomic E-state index is 0.0582. The molecule has 0 unspecified atom stereocenters. The molecule has 180 valence electrons. The van der Waals surface area contributed by atoms with Gasteiger partial charge in [0.25, 0.3) is 21.6 Å². The average molecular weight is 495 g/mol. The maximum atomic E-state index is 12.7. The Kier molecular flexibility index (Phi) is 6.78. The Bertz CT molecular complexity index is 1390. The van der Waals surface area contributed by atoms with Crippen LogP contribution in [0, 0.1) is 10.1 Å². The van der Waals surface area contributed by atoms with Crippen LogP contribution in [0.1, 0.15) is 29.6 Å². The van der Waals surface area contributed by atoms with E-state index in [1.54, 1.807) is 23.1 Å². The number of nitro groups is 1. The normalized spacial score (nSPS) is 13.8. The number of rotatable bonds is 7. The van der Waals surface area contributed by atoms with Crippen molar-refractivity contribution >= 4 is 44.6 Å². The number of anilines is 3. The number of carbonyl (C=O) groups is 2. The second-order valence-electron chi connectivity index (χ2n) is 7.94. The molecule has 11 heteroatoms. The molecular formula is C24H22N4O6S. The van der Waals surface area contributed by atoms with Crippen molar-refractivity contribution in [3.8, 4) is 0 Å². The molecule has 2 amide bonds. The van der Waals surface area contributed by atoms with Crippen LogP contribution in [0.2, 0.25) is 0 Å². The van der Waals surface area contributed by atoms with E-state index in [0.717, 1.165) is 24.6 Å². The Hall–Kier alpha value is -4.25. The molecule has 1 saturated heterocycles. The van der Waals surface area contributed by atoms with E-state index in [0.29, 0.717) is 24.2 Å². The maximum Gasteiger partial charge on any atom is 0.270 e. The van der Waals surface area contributed by atoms with Crippen LogP contribution >= 0.6 is 0 Å². The van der Waals surface area contributed by atoms with Gasteiger partial charge >= 0.3 is 0 Å². The summed E-state index contributed by atoms with van der Waals surface area (Å²) >= 11 is 0. The van der Waals surface area contributed by atoms with E-state index >= 15 is 0 Å². The van der Waals surface area contributed by atoms with E-state index in [2.05, 4.69) is 10.0 Å². The molecule has 1 aliphatic heterocycles. The van der Waals surface area contributed by atoms with Crippen molar-refractivity contribution in [2.75, 3.05) is 21.5 Å². The van der Waals surface area contributed by atoms with E-state index in [9.17, 15) is 28.1 Å². The standard InChI is InChI=1S/C24H22N4O6S/c29-23-9-1-2-14-27(23)20-6-3-5-19(15-20)25-24(30)17-10-12-18(13-11-17)26-35(33,34)22-8-4-7-21(16-22)28(31)32/h3-8,10-13,15-16,26H,1-2,9,14H2,(H,25,30). The van der Waals surface area contributed by atoms with Crippen molar-refractivity contribution < 1.29 is 22.9 Å².